The van der Waals surface area contributed by atoms with Crippen LogP contribution in [0.15, 0.2) is 18.3 Å². The quantitative estimate of drug-likeness (QED) is 0.737. The molecule has 16 heavy (non-hydrogen) atoms. The Morgan fingerprint density at radius 1 is 1.44 bits per heavy atom. The molecule has 2 N–H and O–H groups in total. The zero-order valence-corrected chi connectivity index (χ0v) is 8.51. The summed E-state index contributed by atoms with van der Waals surface area (Å²) in [5.74, 6) is -0.263. The van der Waals surface area contributed by atoms with Crippen LogP contribution in [-0.2, 0) is 11.4 Å². The van der Waals surface area contributed by atoms with Crippen LogP contribution in [0.1, 0.15) is 12.1 Å². The van der Waals surface area contributed by atoms with Crippen molar-refractivity contribution in [1.29, 1.82) is 0 Å². The Balaban J connectivity index is 2.17. The molecule has 1 aliphatic heterocycles. The molecule has 84 valence electrons. The van der Waals surface area contributed by atoms with Gasteiger partial charge in [-0.25, -0.2) is 4.79 Å². The van der Waals surface area contributed by atoms with Crippen LogP contribution in [-0.4, -0.2) is 28.6 Å². The number of aliphatic hydroxyl groups is 1. The van der Waals surface area contributed by atoms with E-state index in [1.807, 2.05) is 0 Å². The van der Waals surface area contributed by atoms with Crippen molar-refractivity contribution in [2.75, 3.05) is 11.4 Å². The van der Waals surface area contributed by atoms with E-state index in [0.29, 0.717) is 17.9 Å². The molecule has 1 aliphatic rings. The number of hydrogen-bond acceptors (Lipinski definition) is 4. The first-order chi connectivity index (χ1) is 7.70. The first-order valence-corrected chi connectivity index (χ1v) is 4.88. The van der Waals surface area contributed by atoms with E-state index in [1.165, 1.54) is 11.1 Å². The van der Waals surface area contributed by atoms with Gasteiger partial charge >= 0.3 is 6.03 Å². The van der Waals surface area contributed by atoms with Gasteiger partial charge in [-0.1, -0.05) is 0 Å². The SMILES string of the molecule is O=C1CCN(c2ccc(CO)nc2)C(=O)N1. The molecule has 1 saturated heterocycles. The number of aliphatic hydroxyl groups excluding tert-OH is 1. The highest BCUT2D eigenvalue weighted by atomic mass is 16.3. The Kier molecular flexibility index (Phi) is 2.82. The second-order valence-electron chi connectivity index (χ2n) is 3.42. The largest absolute Gasteiger partial charge is 0.390 e. The van der Waals surface area contributed by atoms with Gasteiger partial charge < -0.3 is 5.11 Å². The molecule has 0 bridgehead atoms. The fraction of sp³-hybridized carbons (Fsp3) is 0.300. The van der Waals surface area contributed by atoms with Crippen molar-refractivity contribution in [1.82, 2.24) is 10.3 Å². The third-order valence-corrected chi connectivity index (χ3v) is 2.34. The van der Waals surface area contributed by atoms with E-state index in [0.717, 1.165) is 0 Å². The van der Waals surface area contributed by atoms with Crippen LogP contribution >= 0.6 is 0 Å². The summed E-state index contributed by atoms with van der Waals surface area (Å²) in [4.78, 5) is 27.8. The van der Waals surface area contributed by atoms with Crippen LogP contribution in [0.4, 0.5) is 10.5 Å². The van der Waals surface area contributed by atoms with Crippen LogP contribution in [0.5, 0.6) is 0 Å². The first-order valence-electron chi connectivity index (χ1n) is 4.88. The fourth-order valence-electron chi connectivity index (χ4n) is 1.48. The van der Waals surface area contributed by atoms with Gasteiger partial charge in [-0.05, 0) is 12.1 Å². The lowest BCUT2D eigenvalue weighted by Crippen LogP contribution is -2.49. The van der Waals surface area contributed by atoms with Gasteiger partial charge in [-0.15, -0.1) is 0 Å². The van der Waals surface area contributed by atoms with E-state index in [1.54, 1.807) is 12.1 Å². The number of carbonyl (C=O) groups excluding carboxylic acids is 2. The summed E-state index contributed by atoms with van der Waals surface area (Å²) in [5, 5.41) is 11.1. The predicted octanol–water partition coefficient (Wildman–Crippen LogP) is 0.0202. The molecule has 0 atom stereocenters. The Labute approximate surface area is 91.9 Å². The predicted molar refractivity (Wildman–Crippen MR) is 55.7 cm³/mol. The summed E-state index contributed by atoms with van der Waals surface area (Å²) in [5.41, 5.74) is 1.15. The lowest BCUT2D eigenvalue weighted by molar-refractivity contribution is -0.120. The third-order valence-electron chi connectivity index (χ3n) is 2.34. The zero-order chi connectivity index (χ0) is 11.5. The number of carbonyl (C=O) groups is 2. The number of urea groups is 1. The van der Waals surface area contributed by atoms with Gasteiger partial charge in [0.05, 0.1) is 24.2 Å². The van der Waals surface area contributed by atoms with Gasteiger partial charge in [0, 0.05) is 13.0 Å². The van der Waals surface area contributed by atoms with Crippen molar-refractivity contribution >= 4 is 17.6 Å². The molecule has 0 aromatic carbocycles. The Morgan fingerprint density at radius 3 is 2.81 bits per heavy atom. The van der Waals surface area contributed by atoms with Crippen LogP contribution in [0.2, 0.25) is 0 Å². The summed E-state index contributed by atoms with van der Waals surface area (Å²) in [6.45, 7) is 0.218. The molecule has 0 radical (unpaired) electrons. The number of pyridine rings is 1. The van der Waals surface area contributed by atoms with E-state index >= 15 is 0 Å². The van der Waals surface area contributed by atoms with Crippen LogP contribution in [0.25, 0.3) is 0 Å². The second-order valence-corrected chi connectivity index (χ2v) is 3.42. The maximum absolute atomic E-state index is 11.5. The number of amides is 3. The van der Waals surface area contributed by atoms with E-state index in [9.17, 15) is 9.59 Å². The topological polar surface area (TPSA) is 82.5 Å². The van der Waals surface area contributed by atoms with Crippen molar-refractivity contribution in [3.8, 4) is 0 Å². The molecule has 3 amide bonds. The lowest BCUT2D eigenvalue weighted by atomic mass is 10.2. The van der Waals surface area contributed by atoms with Crippen molar-refractivity contribution < 1.29 is 14.7 Å². The van der Waals surface area contributed by atoms with Gasteiger partial charge in [-0.2, -0.15) is 0 Å². The number of nitrogens with zero attached hydrogens (tertiary/aromatic N) is 2. The molecule has 0 aliphatic carbocycles. The highest BCUT2D eigenvalue weighted by Gasteiger charge is 2.24. The summed E-state index contributed by atoms with van der Waals surface area (Å²) in [6.07, 6.45) is 1.79. The smallest absolute Gasteiger partial charge is 0.328 e. The molecule has 2 rings (SSSR count). The Hall–Kier alpha value is -1.95. The number of hydrogen-bond donors (Lipinski definition) is 2. The molecule has 1 aromatic rings. The summed E-state index contributed by atoms with van der Waals surface area (Å²) >= 11 is 0. The molecule has 0 spiro atoms. The molecular formula is C10H11N3O3. The number of anilines is 1. The van der Waals surface area contributed by atoms with Crippen LogP contribution < -0.4 is 10.2 Å². The van der Waals surface area contributed by atoms with Gasteiger partial charge in [-0.3, -0.25) is 20.0 Å². The van der Waals surface area contributed by atoms with E-state index in [2.05, 4.69) is 10.3 Å². The second kappa shape index (κ2) is 4.28. The lowest BCUT2D eigenvalue weighted by Gasteiger charge is -2.26. The highest BCUT2D eigenvalue weighted by molar-refractivity contribution is 6.05. The standard InChI is InChI=1S/C10H11N3O3/c14-6-7-1-2-8(5-11-7)13-4-3-9(15)12-10(13)16/h1-2,5,14H,3-4,6H2,(H,12,15,16). The van der Waals surface area contributed by atoms with Crippen molar-refractivity contribution in [3.05, 3.63) is 24.0 Å². The number of nitrogens with one attached hydrogen (secondary N) is 1. The minimum absolute atomic E-state index is 0.134. The molecule has 2 heterocycles. The summed E-state index contributed by atoms with van der Waals surface area (Å²) < 4.78 is 0. The van der Waals surface area contributed by atoms with Crippen molar-refractivity contribution in [2.45, 2.75) is 13.0 Å². The van der Waals surface area contributed by atoms with E-state index in [4.69, 9.17) is 5.11 Å². The van der Waals surface area contributed by atoms with Crippen LogP contribution in [0, 0.1) is 0 Å². The van der Waals surface area contributed by atoms with E-state index in [-0.39, 0.29) is 18.9 Å². The molecule has 1 fully saturated rings. The Morgan fingerprint density at radius 2 is 2.25 bits per heavy atom. The molecular weight excluding hydrogens is 210 g/mol. The first kappa shape index (κ1) is 10.6. The monoisotopic (exact) mass is 221 g/mol. The minimum atomic E-state index is -0.435. The van der Waals surface area contributed by atoms with Gasteiger partial charge in [0.25, 0.3) is 0 Å². The Bertz CT molecular complexity index is 416. The molecule has 0 unspecified atom stereocenters. The molecule has 0 saturated carbocycles. The van der Waals surface area contributed by atoms with Gasteiger partial charge in [0.1, 0.15) is 0 Å². The zero-order valence-electron chi connectivity index (χ0n) is 8.51. The normalized spacial score (nSPS) is 16.2. The maximum atomic E-state index is 11.5. The fourth-order valence-corrected chi connectivity index (χ4v) is 1.48. The summed E-state index contributed by atoms with van der Waals surface area (Å²) in [7, 11) is 0. The molecule has 6 heteroatoms. The van der Waals surface area contributed by atoms with Crippen LogP contribution in [0.3, 0.4) is 0 Å². The van der Waals surface area contributed by atoms with Gasteiger partial charge in [0.2, 0.25) is 5.91 Å². The van der Waals surface area contributed by atoms with Crippen molar-refractivity contribution in [2.24, 2.45) is 0 Å². The minimum Gasteiger partial charge on any atom is -0.390 e. The average Bonchev–Trinajstić information content (AvgIpc) is 2.29. The number of rotatable bonds is 2. The third kappa shape index (κ3) is 2.01. The van der Waals surface area contributed by atoms with E-state index < -0.39 is 6.03 Å². The number of aromatic nitrogens is 1. The molecule has 6 nitrogen and oxygen atoms in total. The average molecular weight is 221 g/mol. The summed E-state index contributed by atoms with van der Waals surface area (Å²) in [6, 6.07) is 2.89. The van der Waals surface area contributed by atoms with Gasteiger partial charge in [0.15, 0.2) is 0 Å². The number of imide groups is 1. The maximum Gasteiger partial charge on any atom is 0.328 e. The molecule has 1 aromatic heterocycles. The highest BCUT2D eigenvalue weighted by Crippen LogP contribution is 2.15. The van der Waals surface area contributed by atoms with Crippen molar-refractivity contribution in [3.63, 3.8) is 0 Å².